The highest BCUT2D eigenvalue weighted by molar-refractivity contribution is 6.21. The van der Waals surface area contributed by atoms with Crippen LogP contribution in [0.2, 0.25) is 0 Å². The summed E-state index contributed by atoms with van der Waals surface area (Å²) in [6.07, 6.45) is 1.61. The van der Waals surface area contributed by atoms with Crippen molar-refractivity contribution < 1.29 is 9.59 Å². The molecule has 2 rings (SSSR count). The van der Waals surface area contributed by atoms with E-state index in [0.29, 0.717) is 6.54 Å². The van der Waals surface area contributed by atoms with Gasteiger partial charge in [0.05, 0.1) is 5.57 Å². The lowest BCUT2D eigenvalue weighted by Crippen LogP contribution is -2.27. The van der Waals surface area contributed by atoms with E-state index in [4.69, 9.17) is 0 Å². The van der Waals surface area contributed by atoms with Gasteiger partial charge in [-0.3, -0.25) is 9.59 Å². The summed E-state index contributed by atoms with van der Waals surface area (Å²) in [6.45, 7) is 1.80. The van der Waals surface area contributed by atoms with E-state index in [1.807, 2.05) is 60.7 Å². The minimum Gasteiger partial charge on any atom is -0.348 e. The summed E-state index contributed by atoms with van der Waals surface area (Å²) in [7, 11) is 0. The lowest BCUT2D eigenvalue weighted by Gasteiger charge is -2.07. The summed E-state index contributed by atoms with van der Waals surface area (Å²) < 4.78 is 0. The van der Waals surface area contributed by atoms with Crippen molar-refractivity contribution in [3.8, 4) is 0 Å². The molecular formula is C18H17NO2. The highest BCUT2D eigenvalue weighted by atomic mass is 16.2. The number of nitrogens with one attached hydrogen (secondary N) is 1. The molecule has 0 aliphatic rings. The number of ketones is 1. The molecule has 0 fully saturated rings. The van der Waals surface area contributed by atoms with E-state index in [-0.39, 0.29) is 17.3 Å². The second-order valence-corrected chi connectivity index (χ2v) is 4.69. The van der Waals surface area contributed by atoms with Crippen molar-refractivity contribution in [2.24, 2.45) is 0 Å². The van der Waals surface area contributed by atoms with Gasteiger partial charge in [0.25, 0.3) is 5.91 Å². The maximum atomic E-state index is 12.2. The third-order valence-corrected chi connectivity index (χ3v) is 3.03. The van der Waals surface area contributed by atoms with Crippen molar-refractivity contribution in [2.75, 3.05) is 0 Å². The lowest BCUT2D eigenvalue weighted by molar-refractivity contribution is -0.121. The Morgan fingerprint density at radius 1 is 0.952 bits per heavy atom. The van der Waals surface area contributed by atoms with Gasteiger partial charge in [0.15, 0.2) is 5.78 Å². The molecule has 0 aliphatic heterocycles. The number of amides is 1. The zero-order chi connectivity index (χ0) is 15.1. The molecule has 1 amide bonds. The first-order chi connectivity index (χ1) is 10.2. The number of hydrogen-bond donors (Lipinski definition) is 1. The first-order valence-electron chi connectivity index (χ1n) is 6.76. The van der Waals surface area contributed by atoms with Crippen molar-refractivity contribution in [1.29, 1.82) is 0 Å². The number of hydrogen-bond acceptors (Lipinski definition) is 2. The van der Waals surface area contributed by atoms with E-state index < -0.39 is 0 Å². The van der Waals surface area contributed by atoms with E-state index in [9.17, 15) is 9.59 Å². The Morgan fingerprint density at radius 3 is 2.10 bits per heavy atom. The van der Waals surface area contributed by atoms with Gasteiger partial charge in [-0.05, 0) is 24.1 Å². The first-order valence-corrected chi connectivity index (χ1v) is 6.76. The largest absolute Gasteiger partial charge is 0.348 e. The Bertz CT molecular complexity index is 645. The SMILES string of the molecule is CC(=O)C(=Cc1ccccc1)C(=O)NCc1ccccc1. The second-order valence-electron chi connectivity index (χ2n) is 4.69. The molecule has 0 unspecified atom stereocenters. The van der Waals surface area contributed by atoms with Crippen molar-refractivity contribution >= 4 is 17.8 Å². The fraction of sp³-hybridized carbons (Fsp3) is 0.111. The van der Waals surface area contributed by atoms with Crippen LogP contribution < -0.4 is 5.32 Å². The molecule has 0 aromatic heterocycles. The quantitative estimate of drug-likeness (QED) is 0.519. The van der Waals surface area contributed by atoms with Crippen molar-refractivity contribution in [3.05, 3.63) is 77.4 Å². The lowest BCUT2D eigenvalue weighted by atomic mass is 10.1. The Labute approximate surface area is 124 Å². The molecule has 0 spiro atoms. The molecule has 0 saturated carbocycles. The molecular weight excluding hydrogens is 262 g/mol. The van der Waals surface area contributed by atoms with Gasteiger partial charge in [0, 0.05) is 6.54 Å². The molecule has 0 atom stereocenters. The summed E-state index contributed by atoms with van der Waals surface area (Å²) in [5.41, 5.74) is 1.99. The van der Waals surface area contributed by atoms with E-state index in [1.165, 1.54) is 6.92 Å². The van der Waals surface area contributed by atoms with Gasteiger partial charge in [-0.15, -0.1) is 0 Å². The highest BCUT2D eigenvalue weighted by Crippen LogP contribution is 2.08. The van der Waals surface area contributed by atoms with Crippen molar-refractivity contribution in [3.63, 3.8) is 0 Å². The fourth-order valence-corrected chi connectivity index (χ4v) is 1.92. The van der Waals surface area contributed by atoms with Gasteiger partial charge in [-0.25, -0.2) is 0 Å². The van der Waals surface area contributed by atoms with Crippen LogP contribution in [0.1, 0.15) is 18.1 Å². The molecule has 0 heterocycles. The second kappa shape index (κ2) is 7.20. The topological polar surface area (TPSA) is 46.2 Å². The van der Waals surface area contributed by atoms with Gasteiger partial charge in [0.2, 0.25) is 0 Å². The average molecular weight is 279 g/mol. The summed E-state index contributed by atoms with van der Waals surface area (Å²) >= 11 is 0. The maximum absolute atomic E-state index is 12.2. The van der Waals surface area contributed by atoms with Crippen LogP contribution in [-0.4, -0.2) is 11.7 Å². The summed E-state index contributed by atoms with van der Waals surface area (Å²) in [6, 6.07) is 18.9. The van der Waals surface area contributed by atoms with E-state index >= 15 is 0 Å². The Morgan fingerprint density at radius 2 is 1.52 bits per heavy atom. The number of Topliss-reactive ketones (excluding diaryl/α,β-unsaturated/α-hetero) is 1. The molecule has 0 bridgehead atoms. The third-order valence-electron chi connectivity index (χ3n) is 3.03. The molecule has 2 aromatic carbocycles. The molecule has 1 N–H and O–H groups in total. The Kier molecular flexibility index (Phi) is 5.04. The van der Waals surface area contributed by atoms with Gasteiger partial charge < -0.3 is 5.32 Å². The van der Waals surface area contributed by atoms with Gasteiger partial charge in [-0.1, -0.05) is 60.7 Å². The van der Waals surface area contributed by atoms with Crippen molar-refractivity contribution in [2.45, 2.75) is 13.5 Å². The summed E-state index contributed by atoms with van der Waals surface area (Å²) in [5, 5.41) is 2.77. The number of benzene rings is 2. The van der Waals surface area contributed by atoms with Crippen LogP contribution in [0.15, 0.2) is 66.2 Å². The molecule has 3 heteroatoms. The smallest absolute Gasteiger partial charge is 0.255 e. The minimum absolute atomic E-state index is 0.164. The molecule has 106 valence electrons. The molecule has 0 saturated heterocycles. The minimum atomic E-state index is -0.352. The van der Waals surface area contributed by atoms with Crippen LogP contribution in [-0.2, 0) is 16.1 Å². The molecule has 0 radical (unpaired) electrons. The van der Waals surface area contributed by atoms with E-state index in [1.54, 1.807) is 6.08 Å². The predicted octanol–water partition coefficient (Wildman–Crippen LogP) is 2.98. The molecule has 3 nitrogen and oxygen atoms in total. The Hall–Kier alpha value is -2.68. The van der Waals surface area contributed by atoms with Crippen LogP contribution in [0.25, 0.3) is 6.08 Å². The number of rotatable bonds is 5. The van der Waals surface area contributed by atoms with Crippen LogP contribution in [0.4, 0.5) is 0 Å². The van der Waals surface area contributed by atoms with Crippen molar-refractivity contribution in [1.82, 2.24) is 5.32 Å². The Balaban J connectivity index is 2.10. The normalized spacial score (nSPS) is 11.0. The number of carbonyl (C=O) groups excluding carboxylic acids is 2. The summed E-state index contributed by atoms with van der Waals surface area (Å²) in [4.78, 5) is 23.8. The van der Waals surface area contributed by atoms with Crippen LogP contribution >= 0.6 is 0 Å². The highest BCUT2D eigenvalue weighted by Gasteiger charge is 2.13. The van der Waals surface area contributed by atoms with Crippen LogP contribution in [0.5, 0.6) is 0 Å². The standard InChI is InChI=1S/C18H17NO2/c1-14(20)17(12-15-8-4-2-5-9-15)18(21)19-13-16-10-6-3-7-11-16/h2-12H,13H2,1H3,(H,19,21). The molecule has 21 heavy (non-hydrogen) atoms. The fourth-order valence-electron chi connectivity index (χ4n) is 1.92. The molecule has 0 aliphatic carbocycles. The monoisotopic (exact) mass is 279 g/mol. The van der Waals surface area contributed by atoms with E-state index in [0.717, 1.165) is 11.1 Å². The average Bonchev–Trinajstić information content (AvgIpc) is 2.52. The zero-order valence-corrected chi connectivity index (χ0v) is 11.9. The summed E-state index contributed by atoms with van der Waals surface area (Å²) in [5.74, 6) is -0.598. The molecule has 2 aromatic rings. The maximum Gasteiger partial charge on any atom is 0.255 e. The van der Waals surface area contributed by atoms with Gasteiger partial charge in [0.1, 0.15) is 0 Å². The third kappa shape index (κ3) is 4.42. The van der Waals surface area contributed by atoms with Crippen LogP contribution in [0.3, 0.4) is 0 Å². The van der Waals surface area contributed by atoms with Gasteiger partial charge >= 0.3 is 0 Å². The zero-order valence-electron chi connectivity index (χ0n) is 11.9. The first kappa shape index (κ1) is 14.7. The van der Waals surface area contributed by atoms with E-state index in [2.05, 4.69) is 5.32 Å². The number of carbonyl (C=O) groups is 2. The predicted molar refractivity (Wildman–Crippen MR) is 83.4 cm³/mol. The van der Waals surface area contributed by atoms with Gasteiger partial charge in [-0.2, -0.15) is 0 Å². The van der Waals surface area contributed by atoms with Crippen LogP contribution in [0, 0.1) is 0 Å².